The van der Waals surface area contributed by atoms with E-state index in [0.717, 1.165) is 12.0 Å². The average Bonchev–Trinajstić information content (AvgIpc) is 2.70. The molecule has 0 saturated carbocycles. The second-order valence-electron chi connectivity index (χ2n) is 6.82. The van der Waals surface area contributed by atoms with Crippen LogP contribution in [0.3, 0.4) is 0 Å². The second kappa shape index (κ2) is 9.73. The molecule has 0 heterocycles. The number of rotatable bonds is 9. The van der Waals surface area contributed by atoms with E-state index in [4.69, 9.17) is 4.74 Å². The van der Waals surface area contributed by atoms with Crippen molar-refractivity contribution in [1.29, 1.82) is 0 Å². The van der Waals surface area contributed by atoms with Crippen molar-refractivity contribution >= 4 is 15.7 Å². The topological polar surface area (TPSA) is 72.5 Å². The molecule has 0 radical (unpaired) electrons. The third-order valence-electron chi connectivity index (χ3n) is 4.71. The first-order chi connectivity index (χ1) is 13.3. The Morgan fingerprint density at radius 1 is 0.964 bits per heavy atom. The van der Waals surface area contributed by atoms with Crippen LogP contribution < -0.4 is 10.1 Å². The molecule has 0 bridgehead atoms. The molecule has 2 aromatic rings. The normalized spacial score (nSPS) is 13.6. The van der Waals surface area contributed by atoms with E-state index >= 15 is 0 Å². The van der Waals surface area contributed by atoms with Crippen molar-refractivity contribution in [3.8, 4) is 5.75 Å². The van der Waals surface area contributed by atoms with Crippen LogP contribution in [0.1, 0.15) is 50.8 Å². The van der Waals surface area contributed by atoms with Gasteiger partial charge in [0, 0.05) is 6.26 Å². The van der Waals surface area contributed by atoms with Crippen molar-refractivity contribution in [3.05, 3.63) is 59.7 Å². The van der Waals surface area contributed by atoms with Crippen LogP contribution in [0.25, 0.3) is 0 Å². The molecule has 5 nitrogen and oxygen atoms in total. The molecule has 0 unspecified atom stereocenters. The zero-order valence-electron chi connectivity index (χ0n) is 16.9. The third kappa shape index (κ3) is 5.83. The average molecular weight is 404 g/mol. The molecule has 0 fully saturated rings. The number of hydrogen-bond donors (Lipinski definition) is 1. The highest BCUT2D eigenvalue weighted by atomic mass is 32.2. The molecule has 28 heavy (non-hydrogen) atoms. The van der Waals surface area contributed by atoms with Crippen molar-refractivity contribution in [2.45, 2.75) is 57.1 Å². The summed E-state index contributed by atoms with van der Waals surface area (Å²) in [5, 5.41) is 3.02. The summed E-state index contributed by atoms with van der Waals surface area (Å²) in [6.07, 6.45) is 2.78. The first-order valence-corrected chi connectivity index (χ1v) is 11.5. The Bertz CT molecular complexity index is 874. The van der Waals surface area contributed by atoms with Crippen molar-refractivity contribution in [2.75, 3.05) is 6.26 Å². The maximum atomic E-state index is 12.7. The molecule has 6 heteroatoms. The van der Waals surface area contributed by atoms with Crippen LogP contribution >= 0.6 is 0 Å². The highest BCUT2D eigenvalue weighted by molar-refractivity contribution is 7.90. The zero-order valence-corrected chi connectivity index (χ0v) is 17.8. The third-order valence-corrected chi connectivity index (χ3v) is 5.84. The number of amides is 1. The summed E-state index contributed by atoms with van der Waals surface area (Å²) < 4.78 is 29.1. The van der Waals surface area contributed by atoms with Crippen LogP contribution in [0.5, 0.6) is 5.75 Å². The Hall–Kier alpha value is -2.34. The van der Waals surface area contributed by atoms with Crippen molar-refractivity contribution in [2.24, 2.45) is 0 Å². The molecule has 152 valence electrons. The van der Waals surface area contributed by atoms with E-state index in [9.17, 15) is 13.2 Å². The summed E-state index contributed by atoms with van der Waals surface area (Å²) in [6, 6.07) is 14.2. The summed E-state index contributed by atoms with van der Waals surface area (Å²) in [4.78, 5) is 13.0. The Kier molecular flexibility index (Phi) is 7.63. The van der Waals surface area contributed by atoms with Crippen LogP contribution in [0.2, 0.25) is 0 Å². The van der Waals surface area contributed by atoms with E-state index in [1.807, 2.05) is 38.1 Å². The minimum Gasteiger partial charge on any atom is -0.481 e. The van der Waals surface area contributed by atoms with Gasteiger partial charge in [-0.05, 0) is 54.7 Å². The van der Waals surface area contributed by atoms with Gasteiger partial charge in [-0.3, -0.25) is 4.79 Å². The summed E-state index contributed by atoms with van der Waals surface area (Å²) in [5.74, 6) is 0.492. The predicted molar refractivity (Wildman–Crippen MR) is 111 cm³/mol. The molecular formula is C22H29NO4S. The summed E-state index contributed by atoms with van der Waals surface area (Å²) in [5.41, 5.74) is 2.08. The van der Waals surface area contributed by atoms with E-state index in [1.165, 1.54) is 11.8 Å². The van der Waals surface area contributed by atoms with E-state index in [0.29, 0.717) is 18.6 Å². The fourth-order valence-corrected chi connectivity index (χ4v) is 3.55. The van der Waals surface area contributed by atoms with Gasteiger partial charge in [-0.2, -0.15) is 0 Å². The zero-order chi connectivity index (χ0) is 20.7. The summed E-state index contributed by atoms with van der Waals surface area (Å²) in [6.45, 7) is 5.97. The minimum absolute atomic E-state index is 0.180. The Balaban J connectivity index is 2.07. The smallest absolute Gasteiger partial charge is 0.261 e. The lowest BCUT2D eigenvalue weighted by Crippen LogP contribution is -2.39. The lowest BCUT2D eigenvalue weighted by Gasteiger charge is -2.22. The van der Waals surface area contributed by atoms with Crippen molar-refractivity contribution in [1.82, 2.24) is 5.32 Å². The number of carbonyl (C=O) groups is 1. The predicted octanol–water partition coefficient (Wildman–Crippen LogP) is 4.08. The first-order valence-electron chi connectivity index (χ1n) is 9.64. The molecule has 2 aromatic carbocycles. The van der Waals surface area contributed by atoms with Gasteiger partial charge >= 0.3 is 0 Å². The molecule has 1 amide bonds. The number of nitrogens with one attached hydrogen (secondary N) is 1. The first kappa shape index (κ1) is 22.0. The Morgan fingerprint density at radius 3 is 2.04 bits per heavy atom. The van der Waals surface area contributed by atoms with Gasteiger partial charge in [0.15, 0.2) is 15.9 Å². The molecule has 0 aliphatic rings. The number of hydrogen-bond acceptors (Lipinski definition) is 4. The van der Waals surface area contributed by atoms with Gasteiger partial charge in [0.1, 0.15) is 5.75 Å². The number of carbonyl (C=O) groups excluding carboxylic acids is 1. The van der Waals surface area contributed by atoms with E-state index in [2.05, 4.69) is 12.2 Å². The molecule has 2 rings (SSSR count). The van der Waals surface area contributed by atoms with Gasteiger partial charge in [-0.1, -0.05) is 45.0 Å². The fourth-order valence-electron chi connectivity index (χ4n) is 2.92. The summed E-state index contributed by atoms with van der Waals surface area (Å²) in [7, 11) is -3.24. The molecule has 0 aromatic heterocycles. The van der Waals surface area contributed by atoms with Crippen LogP contribution in [-0.2, 0) is 21.1 Å². The van der Waals surface area contributed by atoms with Crippen LogP contribution in [0, 0.1) is 0 Å². The molecule has 0 saturated heterocycles. The van der Waals surface area contributed by atoms with Gasteiger partial charge in [-0.25, -0.2) is 8.42 Å². The molecule has 1 N–H and O–H groups in total. The fraction of sp³-hybridized carbons (Fsp3) is 0.409. The maximum Gasteiger partial charge on any atom is 0.261 e. The van der Waals surface area contributed by atoms with Crippen LogP contribution in [0.15, 0.2) is 53.4 Å². The van der Waals surface area contributed by atoms with Gasteiger partial charge in [0.05, 0.1) is 10.9 Å². The molecule has 0 aliphatic heterocycles. The highest BCUT2D eigenvalue weighted by Gasteiger charge is 2.22. The van der Waals surface area contributed by atoms with Gasteiger partial charge in [0.25, 0.3) is 5.91 Å². The van der Waals surface area contributed by atoms with Crippen LogP contribution in [-0.4, -0.2) is 26.7 Å². The molecular weight excluding hydrogens is 374 g/mol. The number of ether oxygens (including phenoxy) is 1. The van der Waals surface area contributed by atoms with Gasteiger partial charge in [-0.15, -0.1) is 0 Å². The van der Waals surface area contributed by atoms with E-state index in [-0.39, 0.29) is 16.8 Å². The second-order valence-corrected chi connectivity index (χ2v) is 8.84. The molecule has 2 atom stereocenters. The maximum absolute atomic E-state index is 12.7. The Labute approximate surface area is 168 Å². The van der Waals surface area contributed by atoms with Gasteiger partial charge in [0.2, 0.25) is 0 Å². The standard InChI is InChI=1S/C22H29NO4S/c1-5-16-8-12-18(13-9-16)27-21(7-3)22(24)23-20(6-2)17-10-14-19(15-11-17)28(4,25)26/h8-15,20-21H,5-7H2,1-4H3,(H,23,24)/t20-,21-/m1/s1. The van der Waals surface area contributed by atoms with E-state index < -0.39 is 15.9 Å². The SMILES string of the molecule is CCc1ccc(O[C@H](CC)C(=O)N[C@H](CC)c2ccc(S(C)(=O)=O)cc2)cc1. The van der Waals surface area contributed by atoms with Crippen LogP contribution in [0.4, 0.5) is 0 Å². The summed E-state index contributed by atoms with van der Waals surface area (Å²) >= 11 is 0. The monoisotopic (exact) mass is 403 g/mol. The van der Waals surface area contributed by atoms with Crippen molar-refractivity contribution < 1.29 is 17.9 Å². The number of sulfone groups is 1. The number of aryl methyl sites for hydroxylation is 1. The van der Waals surface area contributed by atoms with E-state index in [1.54, 1.807) is 24.3 Å². The molecule has 0 aliphatic carbocycles. The quantitative estimate of drug-likeness (QED) is 0.685. The number of benzene rings is 2. The lowest BCUT2D eigenvalue weighted by molar-refractivity contribution is -0.128. The van der Waals surface area contributed by atoms with Gasteiger partial charge < -0.3 is 10.1 Å². The largest absolute Gasteiger partial charge is 0.481 e. The molecule has 0 spiro atoms. The Morgan fingerprint density at radius 2 is 1.57 bits per heavy atom. The minimum atomic E-state index is -3.24. The highest BCUT2D eigenvalue weighted by Crippen LogP contribution is 2.21. The van der Waals surface area contributed by atoms with Crippen molar-refractivity contribution in [3.63, 3.8) is 0 Å². The lowest BCUT2D eigenvalue weighted by atomic mass is 10.0.